The molecule has 0 amide bonds. The van der Waals surface area contributed by atoms with Crippen LogP contribution in [0, 0.1) is 5.41 Å². The molecule has 0 heterocycles. The van der Waals surface area contributed by atoms with Crippen LogP contribution < -0.4 is 10.1 Å². The van der Waals surface area contributed by atoms with Crippen LogP contribution in [-0.2, 0) is 6.54 Å². The summed E-state index contributed by atoms with van der Waals surface area (Å²) < 4.78 is 5.38. The second-order valence-corrected chi connectivity index (χ2v) is 5.48. The standard InChI is InChI=1S/C16H25NO/c1-3-16(10-6-7-11-16)13-17-12-14-8-4-5-9-15(14)18-2/h4-5,8-9,17H,3,6-7,10-13H2,1-2H3. The van der Waals surface area contributed by atoms with Crippen LogP contribution >= 0.6 is 0 Å². The van der Waals surface area contributed by atoms with Crippen LogP contribution in [0.4, 0.5) is 0 Å². The van der Waals surface area contributed by atoms with Gasteiger partial charge >= 0.3 is 0 Å². The van der Waals surface area contributed by atoms with Crippen LogP contribution in [0.1, 0.15) is 44.6 Å². The molecule has 100 valence electrons. The van der Waals surface area contributed by atoms with E-state index in [0.29, 0.717) is 5.41 Å². The highest BCUT2D eigenvalue weighted by Crippen LogP contribution is 2.40. The molecule has 2 nitrogen and oxygen atoms in total. The van der Waals surface area contributed by atoms with Crippen LogP contribution in [-0.4, -0.2) is 13.7 Å². The number of rotatable bonds is 6. The van der Waals surface area contributed by atoms with E-state index >= 15 is 0 Å². The summed E-state index contributed by atoms with van der Waals surface area (Å²) in [6, 6.07) is 8.26. The second kappa shape index (κ2) is 6.24. The predicted molar refractivity (Wildman–Crippen MR) is 75.9 cm³/mol. The smallest absolute Gasteiger partial charge is 0.123 e. The summed E-state index contributed by atoms with van der Waals surface area (Å²) in [4.78, 5) is 0. The summed E-state index contributed by atoms with van der Waals surface area (Å²) in [5.74, 6) is 0.988. The first-order chi connectivity index (χ1) is 8.79. The van der Waals surface area contributed by atoms with Gasteiger partial charge in [-0.2, -0.15) is 0 Å². The number of para-hydroxylation sites is 1. The molecular weight excluding hydrogens is 222 g/mol. The third-order valence-electron chi connectivity index (χ3n) is 4.42. The van der Waals surface area contributed by atoms with Crippen LogP contribution in [0.5, 0.6) is 5.75 Å². The van der Waals surface area contributed by atoms with Gasteiger partial charge in [0.1, 0.15) is 5.75 Å². The average Bonchev–Trinajstić information content (AvgIpc) is 2.89. The van der Waals surface area contributed by atoms with Gasteiger partial charge in [-0.15, -0.1) is 0 Å². The lowest BCUT2D eigenvalue weighted by molar-refractivity contribution is 0.267. The molecule has 0 aromatic heterocycles. The Balaban J connectivity index is 1.88. The van der Waals surface area contributed by atoms with Gasteiger partial charge in [-0.1, -0.05) is 38.0 Å². The molecule has 0 atom stereocenters. The maximum Gasteiger partial charge on any atom is 0.123 e. The summed E-state index contributed by atoms with van der Waals surface area (Å²) in [5, 5.41) is 3.63. The van der Waals surface area contributed by atoms with Crippen molar-refractivity contribution in [2.24, 2.45) is 5.41 Å². The van der Waals surface area contributed by atoms with E-state index in [1.807, 2.05) is 12.1 Å². The molecule has 0 spiro atoms. The number of hydrogen-bond acceptors (Lipinski definition) is 2. The van der Waals surface area contributed by atoms with Crippen LogP contribution in [0.2, 0.25) is 0 Å². The maximum atomic E-state index is 5.38. The first kappa shape index (κ1) is 13.4. The molecule has 1 fully saturated rings. The van der Waals surface area contributed by atoms with Gasteiger partial charge in [0.25, 0.3) is 0 Å². The summed E-state index contributed by atoms with van der Waals surface area (Å²) in [5.41, 5.74) is 1.81. The van der Waals surface area contributed by atoms with Crippen LogP contribution in [0.3, 0.4) is 0 Å². The third-order valence-corrected chi connectivity index (χ3v) is 4.42. The van der Waals surface area contributed by atoms with E-state index in [4.69, 9.17) is 4.74 Å². The highest BCUT2D eigenvalue weighted by Gasteiger charge is 2.31. The molecule has 1 aliphatic carbocycles. The monoisotopic (exact) mass is 247 g/mol. The Kier molecular flexibility index (Phi) is 4.65. The number of ether oxygens (including phenoxy) is 1. The Bertz CT molecular complexity index is 369. The van der Waals surface area contributed by atoms with Crippen molar-refractivity contribution in [2.75, 3.05) is 13.7 Å². The fraction of sp³-hybridized carbons (Fsp3) is 0.625. The minimum atomic E-state index is 0.558. The van der Waals surface area contributed by atoms with Gasteiger partial charge in [-0.25, -0.2) is 0 Å². The molecule has 1 aromatic carbocycles. The number of hydrogen-bond donors (Lipinski definition) is 1. The summed E-state index contributed by atoms with van der Waals surface area (Å²) in [7, 11) is 1.74. The minimum Gasteiger partial charge on any atom is -0.496 e. The van der Waals surface area contributed by atoms with Crippen molar-refractivity contribution in [2.45, 2.75) is 45.6 Å². The highest BCUT2D eigenvalue weighted by atomic mass is 16.5. The molecule has 0 radical (unpaired) electrons. The fourth-order valence-electron chi connectivity index (χ4n) is 3.09. The SMILES string of the molecule is CCC1(CNCc2ccccc2OC)CCCC1. The van der Waals surface area contributed by atoms with Crippen molar-refractivity contribution < 1.29 is 4.74 Å². The lowest BCUT2D eigenvalue weighted by Gasteiger charge is -2.28. The normalized spacial score (nSPS) is 17.9. The molecule has 0 unspecified atom stereocenters. The van der Waals surface area contributed by atoms with E-state index in [-0.39, 0.29) is 0 Å². The van der Waals surface area contributed by atoms with Gasteiger partial charge < -0.3 is 10.1 Å². The topological polar surface area (TPSA) is 21.3 Å². The van der Waals surface area contributed by atoms with Gasteiger partial charge in [-0.05, 0) is 30.7 Å². The van der Waals surface area contributed by atoms with E-state index in [9.17, 15) is 0 Å². The van der Waals surface area contributed by atoms with Crippen molar-refractivity contribution in [3.63, 3.8) is 0 Å². The number of benzene rings is 1. The molecule has 1 saturated carbocycles. The first-order valence-corrected chi connectivity index (χ1v) is 7.12. The summed E-state index contributed by atoms with van der Waals surface area (Å²) in [6.07, 6.45) is 6.89. The molecule has 1 N–H and O–H groups in total. The third kappa shape index (κ3) is 3.05. The quantitative estimate of drug-likeness (QED) is 0.826. The predicted octanol–water partition coefficient (Wildman–Crippen LogP) is 3.76. The molecule has 1 aromatic rings. The summed E-state index contributed by atoms with van der Waals surface area (Å²) >= 11 is 0. The van der Waals surface area contributed by atoms with Crippen molar-refractivity contribution in [3.8, 4) is 5.75 Å². The molecule has 2 heteroatoms. The Morgan fingerprint density at radius 2 is 1.94 bits per heavy atom. The zero-order valence-electron chi connectivity index (χ0n) is 11.7. The Labute approximate surface area is 111 Å². The van der Waals surface area contributed by atoms with Gasteiger partial charge in [0.2, 0.25) is 0 Å². The molecule has 1 aliphatic rings. The van der Waals surface area contributed by atoms with Crippen molar-refractivity contribution in [1.82, 2.24) is 5.32 Å². The average molecular weight is 247 g/mol. The van der Waals surface area contributed by atoms with E-state index < -0.39 is 0 Å². The Morgan fingerprint density at radius 1 is 1.22 bits per heavy atom. The largest absolute Gasteiger partial charge is 0.496 e. The molecule has 18 heavy (non-hydrogen) atoms. The lowest BCUT2D eigenvalue weighted by Crippen LogP contribution is -2.31. The zero-order chi connectivity index (χ0) is 12.8. The van der Waals surface area contributed by atoms with E-state index in [2.05, 4.69) is 24.4 Å². The van der Waals surface area contributed by atoms with Gasteiger partial charge in [0, 0.05) is 18.7 Å². The van der Waals surface area contributed by atoms with Gasteiger partial charge in [0.15, 0.2) is 0 Å². The molecule has 2 rings (SSSR count). The van der Waals surface area contributed by atoms with Gasteiger partial charge in [-0.3, -0.25) is 0 Å². The Hall–Kier alpha value is -1.02. The number of methoxy groups -OCH3 is 1. The van der Waals surface area contributed by atoms with Gasteiger partial charge in [0.05, 0.1) is 7.11 Å². The summed E-state index contributed by atoms with van der Waals surface area (Å²) in [6.45, 7) is 4.38. The van der Waals surface area contributed by atoms with Crippen molar-refractivity contribution in [3.05, 3.63) is 29.8 Å². The second-order valence-electron chi connectivity index (χ2n) is 5.48. The highest BCUT2D eigenvalue weighted by molar-refractivity contribution is 5.32. The minimum absolute atomic E-state index is 0.558. The Morgan fingerprint density at radius 3 is 2.61 bits per heavy atom. The molecule has 0 bridgehead atoms. The molecule has 0 saturated heterocycles. The van der Waals surface area contributed by atoms with Crippen LogP contribution in [0.15, 0.2) is 24.3 Å². The van der Waals surface area contributed by atoms with E-state index in [1.165, 1.54) is 37.7 Å². The van der Waals surface area contributed by atoms with E-state index in [0.717, 1.165) is 18.8 Å². The zero-order valence-corrected chi connectivity index (χ0v) is 11.7. The first-order valence-electron chi connectivity index (χ1n) is 7.12. The van der Waals surface area contributed by atoms with Crippen molar-refractivity contribution >= 4 is 0 Å². The molecular formula is C16H25NO. The van der Waals surface area contributed by atoms with Crippen LogP contribution in [0.25, 0.3) is 0 Å². The fourth-order valence-corrected chi connectivity index (χ4v) is 3.09. The van der Waals surface area contributed by atoms with Crippen molar-refractivity contribution in [1.29, 1.82) is 0 Å². The van der Waals surface area contributed by atoms with E-state index in [1.54, 1.807) is 7.11 Å². The molecule has 0 aliphatic heterocycles. The maximum absolute atomic E-state index is 5.38. The lowest BCUT2D eigenvalue weighted by atomic mass is 9.83. The number of nitrogens with one attached hydrogen (secondary N) is 1.